The number of nitrogens with zero attached hydrogens (tertiary/aromatic N) is 3. The van der Waals surface area contributed by atoms with E-state index in [1.165, 1.54) is 11.1 Å². The van der Waals surface area contributed by atoms with Crippen LogP contribution in [0.1, 0.15) is 21.5 Å². The van der Waals surface area contributed by atoms with Gasteiger partial charge in [0.2, 0.25) is 0 Å². The van der Waals surface area contributed by atoms with Crippen LogP contribution in [0.15, 0.2) is 42.5 Å². The van der Waals surface area contributed by atoms with Crippen LogP contribution in [0, 0.1) is 20.2 Å². The van der Waals surface area contributed by atoms with E-state index < -0.39 is 27.1 Å². The van der Waals surface area contributed by atoms with Crippen molar-refractivity contribution in [2.24, 2.45) is 0 Å². The first kappa shape index (κ1) is 15.3. The van der Waals surface area contributed by atoms with Gasteiger partial charge in [-0.25, -0.2) is 0 Å². The zero-order valence-corrected chi connectivity index (χ0v) is 13.0. The molecule has 0 radical (unpaired) electrons. The molecule has 0 N–H and O–H groups in total. The Kier molecular flexibility index (Phi) is 3.28. The molecule has 0 bridgehead atoms. The summed E-state index contributed by atoms with van der Waals surface area (Å²) in [6, 6.07) is 11.2. The van der Waals surface area contributed by atoms with E-state index in [1.807, 2.05) is 24.3 Å². The molecule has 4 rings (SSSR count). The maximum absolute atomic E-state index is 12.8. The molecule has 1 saturated heterocycles. The van der Waals surface area contributed by atoms with E-state index in [-0.39, 0.29) is 17.6 Å². The number of hydrogen-bond acceptors (Lipinski definition) is 5. The molecule has 2 atom stereocenters. The number of carbonyl (C=O) groups excluding carboxylic acids is 1. The zero-order valence-electron chi connectivity index (χ0n) is 13.0. The summed E-state index contributed by atoms with van der Waals surface area (Å²) in [5.41, 5.74) is 1.48. The average molecular weight is 339 g/mol. The van der Waals surface area contributed by atoms with Gasteiger partial charge in [0.15, 0.2) is 0 Å². The van der Waals surface area contributed by atoms with E-state index in [1.54, 1.807) is 4.90 Å². The average Bonchev–Trinajstić information content (AvgIpc) is 3.31. The number of amides is 1. The molecule has 1 heterocycles. The van der Waals surface area contributed by atoms with Gasteiger partial charge in [0.25, 0.3) is 17.3 Å². The Morgan fingerprint density at radius 3 is 1.84 bits per heavy atom. The van der Waals surface area contributed by atoms with E-state index >= 15 is 0 Å². The van der Waals surface area contributed by atoms with Crippen LogP contribution in [0.5, 0.6) is 0 Å². The van der Waals surface area contributed by atoms with Crippen molar-refractivity contribution in [1.29, 1.82) is 0 Å². The van der Waals surface area contributed by atoms with Crippen LogP contribution in [0.4, 0.5) is 11.4 Å². The first-order chi connectivity index (χ1) is 12.0. The normalized spacial score (nSPS) is 20.4. The number of nitro groups is 2. The van der Waals surface area contributed by atoms with Gasteiger partial charge in [0.05, 0.1) is 33.6 Å². The molecule has 0 aromatic heterocycles. The van der Waals surface area contributed by atoms with Gasteiger partial charge in [-0.05, 0) is 24.0 Å². The predicted molar refractivity (Wildman–Crippen MR) is 87.3 cm³/mol. The van der Waals surface area contributed by atoms with Gasteiger partial charge in [0, 0.05) is 12.1 Å². The number of non-ortho nitro benzene ring substituents is 2. The summed E-state index contributed by atoms with van der Waals surface area (Å²) in [4.78, 5) is 35.0. The number of hydrogen-bond donors (Lipinski definition) is 0. The van der Waals surface area contributed by atoms with Crippen LogP contribution in [0.3, 0.4) is 0 Å². The van der Waals surface area contributed by atoms with Gasteiger partial charge < -0.3 is 4.90 Å². The molecule has 2 aromatic rings. The second-order valence-corrected chi connectivity index (χ2v) is 6.28. The molecule has 0 spiro atoms. The quantitative estimate of drug-likeness (QED) is 0.485. The monoisotopic (exact) mass is 339 g/mol. The molecule has 2 aliphatic rings. The van der Waals surface area contributed by atoms with Crippen molar-refractivity contribution in [3.63, 3.8) is 0 Å². The van der Waals surface area contributed by atoms with Crippen molar-refractivity contribution < 1.29 is 14.6 Å². The van der Waals surface area contributed by atoms with Gasteiger partial charge in [-0.2, -0.15) is 0 Å². The van der Waals surface area contributed by atoms with E-state index in [9.17, 15) is 25.0 Å². The van der Waals surface area contributed by atoms with Gasteiger partial charge in [0.1, 0.15) is 0 Å². The number of fused-ring (bicyclic) bond motifs is 2. The van der Waals surface area contributed by atoms with Gasteiger partial charge >= 0.3 is 0 Å². The summed E-state index contributed by atoms with van der Waals surface area (Å²) in [6.45, 7) is 0. The molecule has 1 amide bonds. The maximum atomic E-state index is 12.8. The number of rotatable bonds is 3. The van der Waals surface area contributed by atoms with Crippen molar-refractivity contribution >= 4 is 17.3 Å². The highest BCUT2D eigenvalue weighted by molar-refractivity contribution is 5.98. The summed E-state index contributed by atoms with van der Waals surface area (Å²) in [5.74, 6) is -0.394. The van der Waals surface area contributed by atoms with Crippen LogP contribution in [0.25, 0.3) is 0 Å². The summed E-state index contributed by atoms with van der Waals surface area (Å²) >= 11 is 0. The highest BCUT2D eigenvalue weighted by atomic mass is 16.6. The Hall–Kier alpha value is -3.29. The van der Waals surface area contributed by atoms with Crippen LogP contribution in [0.2, 0.25) is 0 Å². The van der Waals surface area contributed by atoms with Crippen LogP contribution < -0.4 is 0 Å². The predicted octanol–water partition coefficient (Wildman–Crippen LogP) is 2.49. The SMILES string of the molecule is O=C(c1cc([N+](=O)[O-])cc([N+](=O)[O-])c1)N1C2Cc3ccccc3CC21. The molecule has 25 heavy (non-hydrogen) atoms. The number of benzene rings is 2. The molecule has 0 saturated carbocycles. The fourth-order valence-electron chi connectivity index (χ4n) is 3.59. The topological polar surface area (TPSA) is 106 Å². The largest absolute Gasteiger partial charge is 0.328 e. The molecule has 1 aliphatic heterocycles. The van der Waals surface area contributed by atoms with Gasteiger partial charge in [-0.15, -0.1) is 0 Å². The van der Waals surface area contributed by atoms with E-state index in [4.69, 9.17) is 0 Å². The van der Waals surface area contributed by atoms with Crippen LogP contribution in [-0.2, 0) is 12.8 Å². The van der Waals surface area contributed by atoms with Gasteiger partial charge in [-0.3, -0.25) is 25.0 Å². The second-order valence-electron chi connectivity index (χ2n) is 6.28. The number of nitro benzene ring substituents is 2. The first-order valence-electron chi connectivity index (χ1n) is 7.79. The lowest BCUT2D eigenvalue weighted by atomic mass is 9.92. The van der Waals surface area contributed by atoms with Crippen molar-refractivity contribution in [3.8, 4) is 0 Å². The molecule has 8 nitrogen and oxygen atoms in total. The van der Waals surface area contributed by atoms with E-state index in [2.05, 4.69) is 0 Å². The fraction of sp³-hybridized carbons (Fsp3) is 0.235. The minimum absolute atomic E-state index is 0.0145. The third-order valence-corrected chi connectivity index (χ3v) is 4.85. The summed E-state index contributed by atoms with van der Waals surface area (Å²) in [5, 5.41) is 22.0. The lowest BCUT2D eigenvalue weighted by Gasteiger charge is -2.11. The van der Waals surface area contributed by atoms with Gasteiger partial charge in [-0.1, -0.05) is 24.3 Å². The standard InChI is InChI=1S/C17H13N3O5/c21-17(12-5-13(19(22)23)9-14(6-12)20(24)25)18-15-7-10-3-1-2-4-11(10)8-16(15)18/h1-6,9,15-16H,7-8H2. The molecular weight excluding hydrogens is 326 g/mol. The smallest absolute Gasteiger partial charge is 0.277 e. The Balaban J connectivity index is 1.63. The third-order valence-electron chi connectivity index (χ3n) is 4.85. The molecular formula is C17H13N3O5. The molecule has 2 unspecified atom stereocenters. The van der Waals surface area contributed by atoms with Crippen molar-refractivity contribution in [2.45, 2.75) is 24.9 Å². The highest BCUT2D eigenvalue weighted by Crippen LogP contribution is 2.41. The van der Waals surface area contributed by atoms with Crippen molar-refractivity contribution in [2.75, 3.05) is 0 Å². The molecule has 8 heteroatoms. The minimum Gasteiger partial charge on any atom is -0.328 e. The Morgan fingerprint density at radius 1 is 0.920 bits per heavy atom. The van der Waals surface area contributed by atoms with E-state index in [0.29, 0.717) is 0 Å². The molecule has 126 valence electrons. The lowest BCUT2D eigenvalue weighted by Crippen LogP contribution is -2.16. The van der Waals surface area contributed by atoms with Crippen LogP contribution >= 0.6 is 0 Å². The molecule has 1 fully saturated rings. The molecule has 1 aliphatic carbocycles. The second kappa shape index (κ2) is 5.37. The Bertz CT molecular complexity index is 863. The summed E-state index contributed by atoms with van der Waals surface area (Å²) < 4.78 is 0. The third kappa shape index (κ3) is 2.51. The lowest BCUT2D eigenvalue weighted by molar-refractivity contribution is -0.394. The minimum atomic E-state index is -0.727. The Labute approximate surface area is 142 Å². The first-order valence-corrected chi connectivity index (χ1v) is 7.79. The fourth-order valence-corrected chi connectivity index (χ4v) is 3.59. The maximum Gasteiger partial charge on any atom is 0.277 e. The van der Waals surface area contributed by atoms with Crippen molar-refractivity contribution in [3.05, 3.63) is 79.4 Å². The zero-order chi connectivity index (χ0) is 17.7. The molecule has 2 aromatic carbocycles. The van der Waals surface area contributed by atoms with E-state index in [0.717, 1.165) is 31.0 Å². The number of carbonyl (C=O) groups is 1. The summed E-state index contributed by atoms with van der Waals surface area (Å²) in [7, 11) is 0. The highest BCUT2D eigenvalue weighted by Gasteiger charge is 2.53. The van der Waals surface area contributed by atoms with Crippen LogP contribution in [-0.4, -0.2) is 32.7 Å². The summed E-state index contributed by atoms with van der Waals surface area (Å²) in [6.07, 6.45) is 1.48. The van der Waals surface area contributed by atoms with Crippen molar-refractivity contribution in [1.82, 2.24) is 4.90 Å². The Morgan fingerprint density at radius 2 is 1.40 bits per heavy atom.